The molecule has 0 spiro atoms. The molecule has 1 atom stereocenters. The minimum atomic E-state index is -0.250. The Morgan fingerprint density at radius 3 is 2.76 bits per heavy atom. The van der Waals surface area contributed by atoms with E-state index in [1.165, 1.54) is 12.8 Å². The van der Waals surface area contributed by atoms with Gasteiger partial charge in [-0.2, -0.15) is 0 Å². The largest absolute Gasteiger partial charge is 0.468 e. The fourth-order valence-corrected chi connectivity index (χ4v) is 1.85. The van der Waals surface area contributed by atoms with Crippen molar-refractivity contribution in [2.45, 2.75) is 39.9 Å². The van der Waals surface area contributed by atoms with Gasteiger partial charge in [0, 0.05) is 25.0 Å². The maximum atomic E-state index is 11.6. The van der Waals surface area contributed by atoms with Gasteiger partial charge in [0.05, 0.1) is 7.11 Å². The minimum absolute atomic E-state index is 0.199. The SMILES string of the molecule is CCn1cccc1CNC(C(=O)OC)C(C)C. The second-order valence-corrected chi connectivity index (χ2v) is 4.41. The van der Waals surface area contributed by atoms with Gasteiger partial charge in [-0.15, -0.1) is 0 Å². The first kappa shape index (κ1) is 13.8. The van der Waals surface area contributed by atoms with Crippen LogP contribution in [0.15, 0.2) is 18.3 Å². The second kappa shape index (κ2) is 6.45. The topological polar surface area (TPSA) is 43.3 Å². The van der Waals surface area contributed by atoms with E-state index in [1.54, 1.807) is 0 Å². The molecule has 0 saturated carbocycles. The van der Waals surface area contributed by atoms with Crippen LogP contribution in [0.25, 0.3) is 0 Å². The summed E-state index contributed by atoms with van der Waals surface area (Å²) in [6.07, 6.45) is 2.04. The third-order valence-electron chi connectivity index (χ3n) is 2.89. The molecule has 1 rings (SSSR count). The van der Waals surface area contributed by atoms with Gasteiger partial charge < -0.3 is 9.30 Å². The molecule has 17 heavy (non-hydrogen) atoms. The number of carbonyl (C=O) groups excluding carboxylic acids is 1. The molecule has 0 bridgehead atoms. The first-order chi connectivity index (χ1) is 8.10. The maximum absolute atomic E-state index is 11.6. The lowest BCUT2D eigenvalue weighted by Gasteiger charge is -2.20. The average Bonchev–Trinajstić information content (AvgIpc) is 2.75. The zero-order valence-electron chi connectivity index (χ0n) is 11.1. The van der Waals surface area contributed by atoms with Crippen LogP contribution < -0.4 is 5.32 Å². The molecule has 1 aromatic heterocycles. The molecule has 0 saturated heterocycles. The van der Waals surface area contributed by atoms with E-state index in [0.29, 0.717) is 6.54 Å². The van der Waals surface area contributed by atoms with Crippen molar-refractivity contribution in [2.75, 3.05) is 7.11 Å². The van der Waals surface area contributed by atoms with Crippen LogP contribution in [0, 0.1) is 5.92 Å². The van der Waals surface area contributed by atoms with Crippen molar-refractivity contribution in [3.05, 3.63) is 24.0 Å². The molecule has 1 heterocycles. The van der Waals surface area contributed by atoms with E-state index < -0.39 is 0 Å². The molecule has 96 valence electrons. The van der Waals surface area contributed by atoms with Gasteiger partial charge >= 0.3 is 5.97 Å². The summed E-state index contributed by atoms with van der Waals surface area (Å²) in [6, 6.07) is 3.83. The van der Waals surface area contributed by atoms with Crippen molar-refractivity contribution >= 4 is 5.97 Å². The maximum Gasteiger partial charge on any atom is 0.323 e. The van der Waals surface area contributed by atoms with Gasteiger partial charge in [0.2, 0.25) is 0 Å². The first-order valence-electron chi connectivity index (χ1n) is 6.05. The van der Waals surface area contributed by atoms with Crippen molar-refractivity contribution in [3.8, 4) is 0 Å². The summed E-state index contributed by atoms with van der Waals surface area (Å²) in [6.45, 7) is 7.73. The Morgan fingerprint density at radius 2 is 2.24 bits per heavy atom. The van der Waals surface area contributed by atoms with Crippen LogP contribution in [0.5, 0.6) is 0 Å². The highest BCUT2D eigenvalue weighted by atomic mass is 16.5. The van der Waals surface area contributed by atoms with Crippen LogP contribution >= 0.6 is 0 Å². The van der Waals surface area contributed by atoms with Gasteiger partial charge in [-0.25, -0.2) is 0 Å². The van der Waals surface area contributed by atoms with E-state index in [9.17, 15) is 4.79 Å². The number of hydrogen-bond acceptors (Lipinski definition) is 3. The molecule has 0 aliphatic carbocycles. The molecule has 0 aliphatic heterocycles. The van der Waals surface area contributed by atoms with E-state index in [1.807, 2.05) is 26.1 Å². The lowest BCUT2D eigenvalue weighted by Crippen LogP contribution is -2.41. The minimum Gasteiger partial charge on any atom is -0.468 e. The Morgan fingerprint density at radius 1 is 1.53 bits per heavy atom. The predicted octanol–water partition coefficient (Wildman–Crippen LogP) is 1.80. The van der Waals surface area contributed by atoms with Gasteiger partial charge in [0.25, 0.3) is 0 Å². The highest BCUT2D eigenvalue weighted by molar-refractivity contribution is 5.75. The number of nitrogens with zero attached hydrogens (tertiary/aromatic N) is 1. The summed E-state index contributed by atoms with van der Waals surface area (Å²) < 4.78 is 6.95. The fraction of sp³-hybridized carbons (Fsp3) is 0.615. The number of aryl methyl sites for hydroxylation is 1. The predicted molar refractivity (Wildman–Crippen MR) is 67.6 cm³/mol. The molecule has 4 heteroatoms. The number of esters is 1. The molecular formula is C13H22N2O2. The molecule has 0 fully saturated rings. The van der Waals surface area contributed by atoms with Gasteiger partial charge in [0.1, 0.15) is 6.04 Å². The Labute approximate surface area is 103 Å². The zero-order valence-corrected chi connectivity index (χ0v) is 11.1. The highest BCUT2D eigenvalue weighted by Crippen LogP contribution is 2.07. The molecule has 0 radical (unpaired) electrons. The van der Waals surface area contributed by atoms with E-state index in [4.69, 9.17) is 4.74 Å². The summed E-state index contributed by atoms with van der Waals surface area (Å²) >= 11 is 0. The second-order valence-electron chi connectivity index (χ2n) is 4.41. The number of ether oxygens (including phenoxy) is 1. The number of aromatic nitrogens is 1. The first-order valence-corrected chi connectivity index (χ1v) is 6.05. The Bertz CT molecular complexity index is 358. The summed E-state index contributed by atoms with van der Waals surface area (Å²) in [5, 5.41) is 3.25. The van der Waals surface area contributed by atoms with Crippen LogP contribution in [0.1, 0.15) is 26.5 Å². The van der Waals surface area contributed by atoms with E-state index in [-0.39, 0.29) is 17.9 Å². The lowest BCUT2D eigenvalue weighted by molar-refractivity contribution is -0.144. The van der Waals surface area contributed by atoms with Gasteiger partial charge in [-0.05, 0) is 25.0 Å². The van der Waals surface area contributed by atoms with E-state index in [0.717, 1.165) is 6.54 Å². The summed E-state index contributed by atoms with van der Waals surface area (Å²) in [7, 11) is 1.42. The van der Waals surface area contributed by atoms with E-state index in [2.05, 4.69) is 22.9 Å². The standard InChI is InChI=1S/C13H22N2O2/c1-5-15-8-6-7-11(15)9-14-12(10(2)3)13(16)17-4/h6-8,10,12,14H,5,9H2,1-4H3. The number of hydrogen-bond donors (Lipinski definition) is 1. The summed E-state index contributed by atoms with van der Waals surface area (Å²) in [5.74, 6) is 0.0158. The number of rotatable bonds is 6. The Hall–Kier alpha value is -1.29. The molecule has 1 unspecified atom stereocenters. The number of methoxy groups -OCH3 is 1. The quantitative estimate of drug-likeness (QED) is 0.768. The van der Waals surface area contributed by atoms with Crippen molar-refractivity contribution < 1.29 is 9.53 Å². The van der Waals surface area contributed by atoms with Gasteiger partial charge in [-0.3, -0.25) is 10.1 Å². The van der Waals surface area contributed by atoms with Crippen LogP contribution in [-0.4, -0.2) is 23.7 Å². The third-order valence-corrected chi connectivity index (χ3v) is 2.89. The number of nitrogens with one attached hydrogen (secondary N) is 1. The van der Waals surface area contributed by atoms with Crippen LogP contribution in [0.4, 0.5) is 0 Å². The Balaban J connectivity index is 2.61. The van der Waals surface area contributed by atoms with E-state index >= 15 is 0 Å². The van der Waals surface area contributed by atoms with Crippen molar-refractivity contribution in [2.24, 2.45) is 5.92 Å². The summed E-state index contributed by atoms with van der Waals surface area (Å²) in [4.78, 5) is 11.6. The Kier molecular flexibility index (Phi) is 5.22. The van der Waals surface area contributed by atoms with Crippen LogP contribution in [-0.2, 0) is 22.6 Å². The van der Waals surface area contributed by atoms with Crippen LogP contribution in [0.2, 0.25) is 0 Å². The molecule has 0 aliphatic rings. The molecule has 0 aromatic carbocycles. The van der Waals surface area contributed by atoms with Crippen LogP contribution in [0.3, 0.4) is 0 Å². The average molecular weight is 238 g/mol. The molecule has 0 amide bonds. The molecule has 1 N–H and O–H groups in total. The lowest BCUT2D eigenvalue weighted by atomic mass is 10.0. The molecular weight excluding hydrogens is 216 g/mol. The van der Waals surface area contributed by atoms with Gasteiger partial charge in [-0.1, -0.05) is 13.8 Å². The van der Waals surface area contributed by atoms with Gasteiger partial charge in [0.15, 0.2) is 0 Å². The zero-order chi connectivity index (χ0) is 12.8. The fourth-order valence-electron chi connectivity index (χ4n) is 1.85. The molecule has 1 aromatic rings. The monoisotopic (exact) mass is 238 g/mol. The smallest absolute Gasteiger partial charge is 0.323 e. The van der Waals surface area contributed by atoms with Crippen molar-refractivity contribution in [3.63, 3.8) is 0 Å². The third kappa shape index (κ3) is 3.60. The molecule has 4 nitrogen and oxygen atoms in total. The van der Waals surface area contributed by atoms with Crippen molar-refractivity contribution in [1.82, 2.24) is 9.88 Å². The summed E-state index contributed by atoms with van der Waals surface area (Å²) in [5.41, 5.74) is 1.18. The van der Waals surface area contributed by atoms with Crippen molar-refractivity contribution in [1.29, 1.82) is 0 Å². The highest BCUT2D eigenvalue weighted by Gasteiger charge is 2.22. The number of carbonyl (C=O) groups is 1. The normalized spacial score (nSPS) is 12.8.